The summed E-state index contributed by atoms with van der Waals surface area (Å²) in [6, 6.07) is 6.26. The molecule has 0 radical (unpaired) electrons. The fourth-order valence-electron chi connectivity index (χ4n) is 2.11. The average molecular weight is 332 g/mol. The summed E-state index contributed by atoms with van der Waals surface area (Å²) in [5.41, 5.74) is 0.281. The number of urea groups is 1. The number of nitrogens with zero attached hydrogens (tertiary/aromatic N) is 1. The number of aromatic nitrogens is 1. The number of amides is 3. The molecule has 0 aliphatic carbocycles. The van der Waals surface area contributed by atoms with Crippen molar-refractivity contribution >= 4 is 17.6 Å². The quantitative estimate of drug-likeness (QED) is 0.763. The first-order chi connectivity index (χ1) is 11.4. The number of carbonyl (C=O) groups is 2. The minimum Gasteiger partial charge on any atom is -0.465 e. The SMILES string of the molecule is CNC(=O)Nc1ccc(C)n(CC(=O)NCc2ccc(C)o2)c1=O. The van der Waals surface area contributed by atoms with E-state index in [0.29, 0.717) is 11.5 Å². The van der Waals surface area contributed by atoms with E-state index >= 15 is 0 Å². The van der Waals surface area contributed by atoms with Gasteiger partial charge in [-0.2, -0.15) is 0 Å². The molecule has 128 valence electrons. The lowest BCUT2D eigenvalue weighted by molar-refractivity contribution is -0.122. The summed E-state index contributed by atoms with van der Waals surface area (Å²) in [6.45, 7) is 3.64. The van der Waals surface area contributed by atoms with Crippen molar-refractivity contribution in [3.63, 3.8) is 0 Å². The van der Waals surface area contributed by atoms with Gasteiger partial charge in [0, 0.05) is 12.7 Å². The van der Waals surface area contributed by atoms with Crippen molar-refractivity contribution in [3.8, 4) is 0 Å². The summed E-state index contributed by atoms with van der Waals surface area (Å²) in [7, 11) is 1.45. The van der Waals surface area contributed by atoms with E-state index in [4.69, 9.17) is 4.42 Å². The van der Waals surface area contributed by atoms with Crippen LogP contribution >= 0.6 is 0 Å². The Morgan fingerprint density at radius 3 is 2.54 bits per heavy atom. The number of carbonyl (C=O) groups excluding carboxylic acids is 2. The molecule has 0 saturated heterocycles. The molecular formula is C16H20N4O4. The predicted octanol–water partition coefficient (Wildman–Crippen LogP) is 1.13. The number of rotatable bonds is 5. The summed E-state index contributed by atoms with van der Waals surface area (Å²) in [4.78, 5) is 35.8. The van der Waals surface area contributed by atoms with E-state index in [0.717, 1.165) is 5.76 Å². The number of aryl methyl sites for hydroxylation is 2. The van der Waals surface area contributed by atoms with Crippen molar-refractivity contribution < 1.29 is 14.0 Å². The zero-order chi connectivity index (χ0) is 17.7. The Hall–Kier alpha value is -3.03. The lowest BCUT2D eigenvalue weighted by Crippen LogP contribution is -2.35. The highest BCUT2D eigenvalue weighted by molar-refractivity contribution is 5.88. The normalized spacial score (nSPS) is 10.3. The highest BCUT2D eigenvalue weighted by Gasteiger charge is 2.12. The molecule has 3 N–H and O–H groups in total. The Kier molecular flexibility index (Phi) is 5.41. The lowest BCUT2D eigenvalue weighted by atomic mass is 10.3. The fraction of sp³-hybridized carbons (Fsp3) is 0.312. The number of hydrogen-bond donors (Lipinski definition) is 3. The number of nitrogens with one attached hydrogen (secondary N) is 3. The van der Waals surface area contributed by atoms with Crippen LogP contribution in [-0.2, 0) is 17.9 Å². The minimum atomic E-state index is -0.500. The Labute approximate surface area is 138 Å². The lowest BCUT2D eigenvalue weighted by Gasteiger charge is -2.12. The van der Waals surface area contributed by atoms with Gasteiger partial charge in [0.25, 0.3) is 5.56 Å². The van der Waals surface area contributed by atoms with Crippen LogP contribution in [0.1, 0.15) is 17.2 Å². The Balaban J connectivity index is 2.07. The molecule has 0 aliphatic heterocycles. The molecule has 24 heavy (non-hydrogen) atoms. The molecule has 0 unspecified atom stereocenters. The second kappa shape index (κ2) is 7.49. The first-order valence-electron chi connectivity index (χ1n) is 7.42. The molecule has 8 nitrogen and oxygen atoms in total. The second-order valence-corrected chi connectivity index (χ2v) is 5.27. The van der Waals surface area contributed by atoms with Crippen LogP contribution in [0.25, 0.3) is 0 Å². The van der Waals surface area contributed by atoms with Gasteiger partial charge in [0.1, 0.15) is 23.8 Å². The maximum absolute atomic E-state index is 12.4. The predicted molar refractivity (Wildman–Crippen MR) is 88.8 cm³/mol. The maximum atomic E-state index is 12.4. The molecule has 2 rings (SSSR count). The number of hydrogen-bond acceptors (Lipinski definition) is 4. The van der Waals surface area contributed by atoms with Gasteiger partial charge in [-0.15, -0.1) is 0 Å². The molecular weight excluding hydrogens is 312 g/mol. The highest BCUT2D eigenvalue weighted by Crippen LogP contribution is 2.06. The van der Waals surface area contributed by atoms with Crippen LogP contribution in [0, 0.1) is 13.8 Å². The van der Waals surface area contributed by atoms with E-state index in [-0.39, 0.29) is 24.7 Å². The van der Waals surface area contributed by atoms with Gasteiger partial charge in [-0.3, -0.25) is 9.59 Å². The van der Waals surface area contributed by atoms with Crippen molar-refractivity contribution in [1.29, 1.82) is 0 Å². The zero-order valence-corrected chi connectivity index (χ0v) is 13.8. The van der Waals surface area contributed by atoms with Crippen LogP contribution in [0.3, 0.4) is 0 Å². The van der Waals surface area contributed by atoms with Crippen LogP contribution < -0.4 is 21.5 Å². The topological polar surface area (TPSA) is 105 Å². The average Bonchev–Trinajstić information content (AvgIpc) is 2.97. The van der Waals surface area contributed by atoms with E-state index in [2.05, 4.69) is 16.0 Å². The Bertz CT molecular complexity index is 807. The number of pyridine rings is 1. The molecule has 0 saturated carbocycles. The summed E-state index contributed by atoms with van der Waals surface area (Å²) in [5, 5.41) is 7.49. The van der Waals surface area contributed by atoms with E-state index in [1.54, 1.807) is 19.1 Å². The number of anilines is 1. The van der Waals surface area contributed by atoms with Crippen LogP contribution in [0.2, 0.25) is 0 Å². The summed E-state index contributed by atoms with van der Waals surface area (Å²) >= 11 is 0. The van der Waals surface area contributed by atoms with Crippen molar-refractivity contribution in [2.75, 3.05) is 12.4 Å². The Morgan fingerprint density at radius 2 is 1.92 bits per heavy atom. The van der Waals surface area contributed by atoms with Gasteiger partial charge < -0.3 is 24.9 Å². The second-order valence-electron chi connectivity index (χ2n) is 5.27. The van der Waals surface area contributed by atoms with Crippen LogP contribution in [-0.4, -0.2) is 23.6 Å². The van der Waals surface area contributed by atoms with Crippen molar-refractivity contribution in [2.45, 2.75) is 26.9 Å². The molecule has 0 atom stereocenters. The zero-order valence-electron chi connectivity index (χ0n) is 13.8. The third-order valence-electron chi connectivity index (χ3n) is 3.43. The van der Waals surface area contributed by atoms with Crippen molar-refractivity contribution in [1.82, 2.24) is 15.2 Å². The van der Waals surface area contributed by atoms with Gasteiger partial charge in [0.15, 0.2) is 0 Å². The van der Waals surface area contributed by atoms with E-state index in [1.165, 1.54) is 17.7 Å². The summed E-state index contributed by atoms with van der Waals surface area (Å²) in [6.07, 6.45) is 0. The monoisotopic (exact) mass is 332 g/mol. The molecule has 0 aromatic carbocycles. The van der Waals surface area contributed by atoms with Crippen LogP contribution in [0.5, 0.6) is 0 Å². The molecule has 0 spiro atoms. The van der Waals surface area contributed by atoms with Gasteiger partial charge in [0.05, 0.1) is 6.54 Å². The van der Waals surface area contributed by atoms with Gasteiger partial charge in [-0.1, -0.05) is 0 Å². The molecule has 0 bridgehead atoms. The molecule has 8 heteroatoms. The van der Waals surface area contributed by atoms with Gasteiger partial charge in [-0.25, -0.2) is 4.79 Å². The minimum absolute atomic E-state index is 0.106. The third kappa shape index (κ3) is 4.25. The molecule has 2 aromatic heterocycles. The summed E-state index contributed by atoms with van der Waals surface area (Å²) < 4.78 is 6.67. The fourth-order valence-corrected chi connectivity index (χ4v) is 2.11. The Morgan fingerprint density at radius 1 is 1.17 bits per heavy atom. The first kappa shape index (κ1) is 17.3. The van der Waals surface area contributed by atoms with Crippen LogP contribution in [0.15, 0.2) is 33.5 Å². The third-order valence-corrected chi connectivity index (χ3v) is 3.43. The van der Waals surface area contributed by atoms with Crippen molar-refractivity contribution in [2.24, 2.45) is 0 Å². The van der Waals surface area contributed by atoms with Gasteiger partial charge in [0.2, 0.25) is 5.91 Å². The molecule has 2 heterocycles. The maximum Gasteiger partial charge on any atom is 0.319 e. The molecule has 2 aromatic rings. The highest BCUT2D eigenvalue weighted by atomic mass is 16.3. The number of furan rings is 1. The smallest absolute Gasteiger partial charge is 0.319 e. The van der Waals surface area contributed by atoms with E-state index in [1.807, 2.05) is 13.0 Å². The summed E-state index contributed by atoms with van der Waals surface area (Å²) in [5.74, 6) is 1.07. The van der Waals surface area contributed by atoms with Crippen molar-refractivity contribution in [3.05, 3.63) is 51.8 Å². The molecule has 0 aliphatic rings. The molecule has 0 fully saturated rings. The van der Waals surface area contributed by atoms with E-state index < -0.39 is 11.6 Å². The van der Waals surface area contributed by atoms with Gasteiger partial charge >= 0.3 is 6.03 Å². The van der Waals surface area contributed by atoms with Gasteiger partial charge in [-0.05, 0) is 38.1 Å². The first-order valence-corrected chi connectivity index (χ1v) is 7.42. The largest absolute Gasteiger partial charge is 0.465 e. The van der Waals surface area contributed by atoms with Crippen LogP contribution in [0.4, 0.5) is 10.5 Å². The standard InChI is InChI=1S/C16H20N4O4/c1-10-4-7-13(19-16(23)17-3)15(22)20(10)9-14(21)18-8-12-6-5-11(2)24-12/h4-7H,8-9H2,1-3H3,(H,18,21)(H2,17,19,23). The molecule has 3 amide bonds. The van der Waals surface area contributed by atoms with E-state index in [9.17, 15) is 14.4 Å².